The number of unbranched alkanes of at least 4 members (excludes halogenated alkanes) is 8. The summed E-state index contributed by atoms with van der Waals surface area (Å²) < 4.78 is 4.95. The van der Waals surface area contributed by atoms with Crippen molar-refractivity contribution in [1.82, 2.24) is 0 Å². The van der Waals surface area contributed by atoms with Crippen LogP contribution >= 0.6 is 12.6 Å². The average molecular weight is 304 g/mol. The number of carbonyl (C=O) groups excluding carboxylic acids is 1. The molecule has 0 amide bonds. The predicted molar refractivity (Wildman–Crippen MR) is 83.2 cm³/mol. The van der Waals surface area contributed by atoms with Gasteiger partial charge in [-0.3, -0.25) is 9.59 Å². The van der Waals surface area contributed by atoms with Crippen molar-refractivity contribution in [3.8, 4) is 0 Å². The lowest BCUT2D eigenvalue weighted by atomic mass is 10.1. The van der Waals surface area contributed by atoms with Gasteiger partial charge in [0, 0.05) is 0 Å². The highest BCUT2D eigenvalue weighted by Crippen LogP contribution is 2.10. The minimum absolute atomic E-state index is 0.0262. The van der Waals surface area contributed by atoms with E-state index in [9.17, 15) is 9.59 Å². The third-order valence-corrected chi connectivity index (χ3v) is 3.42. The summed E-state index contributed by atoms with van der Waals surface area (Å²) in [5.41, 5.74) is 0. The smallest absolute Gasteiger partial charge is 0.306 e. The van der Waals surface area contributed by atoms with Gasteiger partial charge in [-0.2, -0.15) is 12.6 Å². The van der Waals surface area contributed by atoms with Crippen LogP contribution in [0.5, 0.6) is 0 Å². The maximum absolute atomic E-state index is 11.1. The second kappa shape index (κ2) is 14.7. The van der Waals surface area contributed by atoms with Crippen molar-refractivity contribution in [2.45, 2.75) is 70.6 Å². The Morgan fingerprint density at radius 3 is 1.80 bits per heavy atom. The number of ether oxygens (including phenoxy) is 1. The highest BCUT2D eigenvalue weighted by Gasteiger charge is 2.05. The zero-order chi connectivity index (χ0) is 15.1. The highest BCUT2D eigenvalue weighted by atomic mass is 32.1. The molecule has 0 bridgehead atoms. The molecule has 0 rings (SSSR count). The molecule has 118 valence electrons. The zero-order valence-corrected chi connectivity index (χ0v) is 13.2. The highest BCUT2D eigenvalue weighted by molar-refractivity contribution is 7.80. The molecular formula is C15H28O4S. The fourth-order valence-electron chi connectivity index (χ4n) is 1.92. The second-order valence-corrected chi connectivity index (χ2v) is 5.47. The Morgan fingerprint density at radius 2 is 1.30 bits per heavy atom. The molecule has 0 heterocycles. The molecule has 0 spiro atoms. The number of hydrogen-bond acceptors (Lipinski definition) is 4. The lowest BCUT2D eigenvalue weighted by molar-refractivity contribution is -0.147. The van der Waals surface area contributed by atoms with E-state index in [1.807, 2.05) is 0 Å². The first-order valence-corrected chi connectivity index (χ1v) is 8.28. The van der Waals surface area contributed by atoms with E-state index >= 15 is 0 Å². The van der Waals surface area contributed by atoms with Gasteiger partial charge in [0.1, 0.15) is 0 Å². The van der Waals surface area contributed by atoms with Crippen LogP contribution in [-0.4, -0.2) is 29.4 Å². The molecule has 0 atom stereocenters. The number of hydrogen-bond donors (Lipinski definition) is 2. The predicted octanol–water partition coefficient (Wildman–Crippen LogP) is 3.84. The van der Waals surface area contributed by atoms with Crippen LogP contribution in [0.15, 0.2) is 0 Å². The standard InChI is InChI=1S/C15H28O4S/c16-14(17)10-11-15(18)19-12-8-6-4-2-1-3-5-7-9-13-20/h20H,1-13H2,(H,16,17). The van der Waals surface area contributed by atoms with E-state index in [0.717, 1.165) is 18.6 Å². The van der Waals surface area contributed by atoms with Crippen LogP contribution in [0.4, 0.5) is 0 Å². The van der Waals surface area contributed by atoms with Crippen molar-refractivity contribution in [1.29, 1.82) is 0 Å². The molecule has 20 heavy (non-hydrogen) atoms. The minimum Gasteiger partial charge on any atom is -0.481 e. The zero-order valence-electron chi connectivity index (χ0n) is 12.3. The van der Waals surface area contributed by atoms with Crippen molar-refractivity contribution < 1.29 is 19.4 Å². The molecule has 0 unspecified atom stereocenters. The normalized spacial score (nSPS) is 10.4. The number of carboxylic acids is 1. The van der Waals surface area contributed by atoms with E-state index < -0.39 is 11.9 Å². The Balaban J connectivity index is 3.12. The topological polar surface area (TPSA) is 63.6 Å². The molecule has 0 saturated carbocycles. The molecule has 0 aliphatic carbocycles. The Bertz CT molecular complexity index is 256. The number of carbonyl (C=O) groups is 2. The summed E-state index contributed by atoms with van der Waals surface area (Å²) in [7, 11) is 0. The average Bonchev–Trinajstić information content (AvgIpc) is 2.42. The van der Waals surface area contributed by atoms with Crippen molar-refractivity contribution in [3.63, 3.8) is 0 Å². The van der Waals surface area contributed by atoms with Gasteiger partial charge in [-0.15, -0.1) is 0 Å². The van der Waals surface area contributed by atoms with Crippen LogP contribution in [0.25, 0.3) is 0 Å². The number of rotatable bonds is 14. The summed E-state index contributed by atoms with van der Waals surface area (Å²) in [5.74, 6) is -0.376. The summed E-state index contributed by atoms with van der Waals surface area (Å²) >= 11 is 4.18. The van der Waals surface area contributed by atoms with E-state index in [1.54, 1.807) is 0 Å². The van der Waals surface area contributed by atoms with Gasteiger partial charge in [0.05, 0.1) is 19.4 Å². The number of carboxylic acid groups (broad SMARTS) is 1. The van der Waals surface area contributed by atoms with E-state index in [2.05, 4.69) is 12.6 Å². The number of esters is 1. The Labute approximate surface area is 127 Å². The van der Waals surface area contributed by atoms with Gasteiger partial charge in [-0.05, 0) is 18.6 Å². The van der Waals surface area contributed by atoms with E-state index in [0.29, 0.717) is 6.61 Å². The third-order valence-electron chi connectivity index (χ3n) is 3.11. The van der Waals surface area contributed by atoms with Gasteiger partial charge in [0.25, 0.3) is 0 Å². The maximum Gasteiger partial charge on any atom is 0.306 e. The number of aliphatic carboxylic acids is 1. The van der Waals surface area contributed by atoms with Gasteiger partial charge < -0.3 is 9.84 Å². The van der Waals surface area contributed by atoms with Gasteiger partial charge >= 0.3 is 11.9 Å². The SMILES string of the molecule is O=C(O)CCC(=O)OCCCCCCCCCCCS. The Kier molecular flexibility index (Phi) is 14.2. The van der Waals surface area contributed by atoms with Crippen LogP contribution in [0.1, 0.15) is 70.6 Å². The lowest BCUT2D eigenvalue weighted by Crippen LogP contribution is -2.08. The lowest BCUT2D eigenvalue weighted by Gasteiger charge is -2.04. The Morgan fingerprint density at radius 1 is 0.800 bits per heavy atom. The quantitative estimate of drug-likeness (QED) is 0.291. The molecule has 0 aromatic carbocycles. The third kappa shape index (κ3) is 15.3. The molecular weight excluding hydrogens is 276 g/mol. The summed E-state index contributed by atoms with van der Waals surface area (Å²) in [4.78, 5) is 21.4. The number of thiol groups is 1. The molecule has 0 radical (unpaired) electrons. The fraction of sp³-hybridized carbons (Fsp3) is 0.867. The molecule has 0 fully saturated rings. The summed E-state index contributed by atoms with van der Waals surface area (Å²) in [5, 5.41) is 8.41. The van der Waals surface area contributed by atoms with Gasteiger partial charge in [-0.1, -0.05) is 44.9 Å². The summed E-state index contributed by atoms with van der Waals surface area (Å²) in [6.45, 7) is 0.417. The van der Waals surface area contributed by atoms with Crippen molar-refractivity contribution in [2.24, 2.45) is 0 Å². The Hall–Kier alpha value is -0.710. The second-order valence-electron chi connectivity index (χ2n) is 5.02. The van der Waals surface area contributed by atoms with Gasteiger partial charge in [0.15, 0.2) is 0 Å². The first kappa shape index (κ1) is 19.3. The molecule has 4 nitrogen and oxygen atoms in total. The van der Waals surface area contributed by atoms with Crippen molar-refractivity contribution in [2.75, 3.05) is 12.4 Å². The van der Waals surface area contributed by atoms with E-state index in [4.69, 9.17) is 9.84 Å². The fourth-order valence-corrected chi connectivity index (χ4v) is 2.14. The first-order chi connectivity index (χ1) is 9.66. The molecule has 0 aromatic rings. The molecule has 5 heteroatoms. The van der Waals surface area contributed by atoms with E-state index in [-0.39, 0.29) is 12.8 Å². The molecule has 1 N–H and O–H groups in total. The minimum atomic E-state index is -0.962. The monoisotopic (exact) mass is 304 g/mol. The molecule has 0 aliphatic heterocycles. The van der Waals surface area contributed by atoms with Gasteiger partial charge in [0.2, 0.25) is 0 Å². The van der Waals surface area contributed by atoms with Crippen LogP contribution in [-0.2, 0) is 14.3 Å². The van der Waals surface area contributed by atoms with Crippen LogP contribution in [0.3, 0.4) is 0 Å². The van der Waals surface area contributed by atoms with E-state index in [1.165, 1.54) is 44.9 Å². The summed E-state index contributed by atoms with van der Waals surface area (Å²) in [6, 6.07) is 0. The molecule has 0 aliphatic rings. The maximum atomic E-state index is 11.1. The van der Waals surface area contributed by atoms with Crippen LogP contribution < -0.4 is 0 Å². The van der Waals surface area contributed by atoms with Gasteiger partial charge in [-0.25, -0.2) is 0 Å². The largest absolute Gasteiger partial charge is 0.481 e. The van der Waals surface area contributed by atoms with Crippen LogP contribution in [0, 0.1) is 0 Å². The summed E-state index contributed by atoms with van der Waals surface area (Å²) in [6.07, 6.45) is 10.6. The van der Waals surface area contributed by atoms with Crippen molar-refractivity contribution >= 4 is 24.6 Å². The molecule has 0 aromatic heterocycles. The van der Waals surface area contributed by atoms with Crippen LogP contribution in [0.2, 0.25) is 0 Å². The molecule has 0 saturated heterocycles. The van der Waals surface area contributed by atoms with Crippen molar-refractivity contribution in [3.05, 3.63) is 0 Å². The first-order valence-electron chi connectivity index (χ1n) is 7.65.